The van der Waals surface area contributed by atoms with Crippen molar-refractivity contribution in [2.24, 2.45) is 0 Å². The number of piperazine rings is 1. The Hall–Kier alpha value is -0.570. The van der Waals surface area contributed by atoms with Crippen LogP contribution >= 0.6 is 0 Å². The molecule has 0 aromatic carbocycles. The second kappa shape index (κ2) is 3.72. The first-order chi connectivity index (χ1) is 5.24. The van der Waals surface area contributed by atoms with E-state index < -0.39 is 0 Å². The normalized spacial score (nSPS) is 25.3. The number of nitrogens with one attached hydrogen (secondary N) is 1. The van der Waals surface area contributed by atoms with Gasteiger partial charge in [-0.05, 0) is 6.42 Å². The Morgan fingerprint density at radius 1 is 1.73 bits per heavy atom. The Morgan fingerprint density at radius 3 is 3.00 bits per heavy atom. The summed E-state index contributed by atoms with van der Waals surface area (Å²) in [6.45, 7) is 6.47. The highest BCUT2D eigenvalue weighted by molar-refractivity contribution is 5.73. The highest BCUT2D eigenvalue weighted by atomic mass is 16.2. The zero-order chi connectivity index (χ0) is 8.27. The Morgan fingerprint density at radius 2 is 2.45 bits per heavy atom. The molecule has 1 heterocycles. The molecule has 1 rings (SSSR count). The van der Waals surface area contributed by atoms with Crippen molar-refractivity contribution < 1.29 is 4.79 Å². The van der Waals surface area contributed by atoms with Crippen LogP contribution in [0.15, 0.2) is 0 Å². The van der Waals surface area contributed by atoms with Crippen LogP contribution in [0.4, 0.5) is 0 Å². The average molecular weight is 156 g/mol. The Balaban J connectivity index is 2.39. The van der Waals surface area contributed by atoms with Crippen molar-refractivity contribution >= 4 is 5.91 Å². The molecule has 0 aromatic rings. The molecule has 0 spiro atoms. The summed E-state index contributed by atoms with van der Waals surface area (Å²) in [5, 5.41) is 3.36. The molecule has 1 atom stereocenters. The summed E-state index contributed by atoms with van der Waals surface area (Å²) in [7, 11) is 0. The number of nitrogens with zero attached hydrogens (tertiary/aromatic N) is 1. The molecule has 0 aromatic heterocycles. The summed E-state index contributed by atoms with van der Waals surface area (Å²) in [5.74, 6) is 0.199. The third kappa shape index (κ3) is 2.19. The van der Waals surface area contributed by atoms with Gasteiger partial charge in [0.2, 0.25) is 5.91 Å². The summed E-state index contributed by atoms with van der Waals surface area (Å²) in [5.41, 5.74) is 0. The zero-order valence-corrected chi connectivity index (χ0v) is 7.26. The van der Waals surface area contributed by atoms with Crippen molar-refractivity contribution in [3.05, 3.63) is 0 Å². The van der Waals surface area contributed by atoms with Gasteiger partial charge in [0, 0.05) is 32.6 Å². The van der Waals surface area contributed by atoms with E-state index in [4.69, 9.17) is 0 Å². The molecule has 1 aliphatic rings. The number of amides is 1. The fourth-order valence-corrected chi connectivity index (χ4v) is 1.38. The zero-order valence-electron chi connectivity index (χ0n) is 7.26. The highest BCUT2D eigenvalue weighted by Gasteiger charge is 2.18. The van der Waals surface area contributed by atoms with E-state index in [2.05, 4.69) is 12.2 Å². The van der Waals surface area contributed by atoms with Gasteiger partial charge in [0.15, 0.2) is 0 Å². The van der Waals surface area contributed by atoms with Crippen molar-refractivity contribution in [1.29, 1.82) is 0 Å². The molecule has 0 bridgehead atoms. The van der Waals surface area contributed by atoms with Gasteiger partial charge in [-0.2, -0.15) is 0 Å². The number of rotatable bonds is 1. The SMILES string of the molecule is CC[C@@H]1CN(C(C)=O)CCN1. The van der Waals surface area contributed by atoms with Gasteiger partial charge >= 0.3 is 0 Å². The van der Waals surface area contributed by atoms with Gasteiger partial charge in [0.1, 0.15) is 0 Å². The van der Waals surface area contributed by atoms with E-state index in [0.29, 0.717) is 6.04 Å². The second-order valence-electron chi connectivity index (χ2n) is 3.02. The van der Waals surface area contributed by atoms with Crippen molar-refractivity contribution in [1.82, 2.24) is 10.2 Å². The van der Waals surface area contributed by atoms with Crippen LogP contribution in [0.2, 0.25) is 0 Å². The van der Waals surface area contributed by atoms with Crippen LogP contribution in [0, 0.1) is 0 Å². The molecule has 1 N–H and O–H groups in total. The fourth-order valence-electron chi connectivity index (χ4n) is 1.38. The van der Waals surface area contributed by atoms with Crippen LogP contribution in [0.3, 0.4) is 0 Å². The summed E-state index contributed by atoms with van der Waals surface area (Å²) < 4.78 is 0. The lowest BCUT2D eigenvalue weighted by Gasteiger charge is -2.32. The minimum absolute atomic E-state index is 0.199. The summed E-state index contributed by atoms with van der Waals surface area (Å²) >= 11 is 0. The fraction of sp³-hybridized carbons (Fsp3) is 0.875. The molecule has 0 unspecified atom stereocenters. The molecule has 64 valence electrons. The van der Waals surface area contributed by atoms with Crippen LogP contribution in [0.25, 0.3) is 0 Å². The molecule has 1 amide bonds. The number of carbonyl (C=O) groups excluding carboxylic acids is 1. The Bertz CT molecular complexity index is 147. The lowest BCUT2D eigenvalue weighted by atomic mass is 10.1. The molecule has 3 nitrogen and oxygen atoms in total. The summed E-state index contributed by atoms with van der Waals surface area (Å²) in [6.07, 6.45) is 1.10. The van der Waals surface area contributed by atoms with Crippen LogP contribution < -0.4 is 5.32 Å². The third-order valence-electron chi connectivity index (χ3n) is 2.19. The molecule has 1 fully saturated rings. The highest BCUT2D eigenvalue weighted by Crippen LogP contribution is 2.01. The smallest absolute Gasteiger partial charge is 0.219 e. The van der Waals surface area contributed by atoms with Crippen molar-refractivity contribution in [2.45, 2.75) is 26.3 Å². The molecule has 1 aliphatic heterocycles. The monoisotopic (exact) mass is 156 g/mol. The second-order valence-corrected chi connectivity index (χ2v) is 3.02. The molecule has 0 saturated carbocycles. The van der Waals surface area contributed by atoms with E-state index >= 15 is 0 Å². The maximum atomic E-state index is 11.0. The van der Waals surface area contributed by atoms with Gasteiger partial charge in [-0.1, -0.05) is 6.92 Å². The molecule has 11 heavy (non-hydrogen) atoms. The molecule has 0 aliphatic carbocycles. The van der Waals surface area contributed by atoms with Crippen LogP contribution in [0.1, 0.15) is 20.3 Å². The van der Waals surface area contributed by atoms with Gasteiger partial charge in [-0.3, -0.25) is 4.79 Å². The van der Waals surface area contributed by atoms with Crippen molar-refractivity contribution in [3.63, 3.8) is 0 Å². The molecule has 1 saturated heterocycles. The van der Waals surface area contributed by atoms with Crippen molar-refractivity contribution in [3.8, 4) is 0 Å². The molecular formula is C8H16N2O. The van der Waals surface area contributed by atoms with Gasteiger partial charge in [0.05, 0.1) is 0 Å². The Kier molecular flexibility index (Phi) is 2.88. The van der Waals surface area contributed by atoms with E-state index in [1.807, 2.05) is 4.90 Å². The topological polar surface area (TPSA) is 32.3 Å². The largest absolute Gasteiger partial charge is 0.340 e. The number of carbonyl (C=O) groups is 1. The molecular weight excluding hydrogens is 140 g/mol. The van der Waals surface area contributed by atoms with Gasteiger partial charge in [0.25, 0.3) is 0 Å². The average Bonchev–Trinajstić information content (AvgIpc) is 2.05. The maximum absolute atomic E-state index is 11.0. The number of hydrogen-bond acceptors (Lipinski definition) is 2. The van der Waals surface area contributed by atoms with Gasteiger partial charge in [-0.25, -0.2) is 0 Å². The third-order valence-corrected chi connectivity index (χ3v) is 2.19. The van der Waals surface area contributed by atoms with Crippen LogP contribution in [-0.4, -0.2) is 36.5 Å². The predicted molar refractivity (Wildman–Crippen MR) is 44.3 cm³/mol. The van der Waals surface area contributed by atoms with E-state index in [9.17, 15) is 4.79 Å². The van der Waals surface area contributed by atoms with Crippen molar-refractivity contribution in [2.75, 3.05) is 19.6 Å². The lowest BCUT2D eigenvalue weighted by molar-refractivity contribution is -0.130. The summed E-state index contributed by atoms with van der Waals surface area (Å²) in [4.78, 5) is 12.9. The first-order valence-electron chi connectivity index (χ1n) is 4.23. The summed E-state index contributed by atoms with van der Waals surface area (Å²) in [6, 6.07) is 0.507. The minimum Gasteiger partial charge on any atom is -0.340 e. The first-order valence-corrected chi connectivity index (χ1v) is 4.23. The Labute approximate surface area is 67.8 Å². The lowest BCUT2D eigenvalue weighted by Crippen LogP contribution is -2.51. The molecule has 0 radical (unpaired) electrons. The van der Waals surface area contributed by atoms with E-state index in [0.717, 1.165) is 26.1 Å². The quantitative estimate of drug-likeness (QED) is 0.589. The van der Waals surface area contributed by atoms with Crippen LogP contribution in [-0.2, 0) is 4.79 Å². The minimum atomic E-state index is 0.199. The molecule has 3 heteroatoms. The number of hydrogen-bond donors (Lipinski definition) is 1. The maximum Gasteiger partial charge on any atom is 0.219 e. The van der Waals surface area contributed by atoms with Gasteiger partial charge < -0.3 is 10.2 Å². The van der Waals surface area contributed by atoms with E-state index in [1.54, 1.807) is 6.92 Å². The van der Waals surface area contributed by atoms with Gasteiger partial charge in [-0.15, -0.1) is 0 Å². The van der Waals surface area contributed by atoms with Crippen LogP contribution in [0.5, 0.6) is 0 Å². The first kappa shape index (κ1) is 8.53. The standard InChI is InChI=1S/C8H16N2O/c1-3-8-6-10(7(2)11)5-4-9-8/h8-9H,3-6H2,1-2H3/t8-/m1/s1. The van der Waals surface area contributed by atoms with E-state index in [1.165, 1.54) is 0 Å². The van der Waals surface area contributed by atoms with E-state index in [-0.39, 0.29) is 5.91 Å². The predicted octanol–water partition coefficient (Wildman–Crippen LogP) is 0.217.